The first-order chi connectivity index (χ1) is 13.8. The van der Waals surface area contributed by atoms with Crippen molar-refractivity contribution in [2.24, 2.45) is 0 Å². The lowest BCUT2D eigenvalue weighted by Gasteiger charge is -2.21. The van der Waals surface area contributed by atoms with E-state index in [1.165, 1.54) is 17.1 Å². The van der Waals surface area contributed by atoms with Crippen LogP contribution in [0.25, 0.3) is 0 Å². The molecule has 28 heavy (non-hydrogen) atoms. The third-order valence-corrected chi connectivity index (χ3v) is 5.56. The Morgan fingerprint density at radius 1 is 0.964 bits per heavy atom. The SMILES string of the molecule is O=C(Nc1ccccc1)N1CCCN(c2nc(Cc3ccccc3)ns2)CC1. The molecular weight excluding hydrogens is 370 g/mol. The first-order valence-electron chi connectivity index (χ1n) is 9.50. The normalized spacial score (nSPS) is 14.6. The molecule has 144 valence electrons. The summed E-state index contributed by atoms with van der Waals surface area (Å²) in [7, 11) is 0. The second kappa shape index (κ2) is 8.84. The van der Waals surface area contributed by atoms with Gasteiger partial charge in [0.05, 0.1) is 0 Å². The topological polar surface area (TPSA) is 61.4 Å². The molecule has 0 unspecified atom stereocenters. The number of hydrogen-bond acceptors (Lipinski definition) is 5. The molecule has 1 aliphatic rings. The summed E-state index contributed by atoms with van der Waals surface area (Å²) in [4.78, 5) is 21.4. The molecule has 2 aromatic carbocycles. The molecule has 0 aliphatic carbocycles. The van der Waals surface area contributed by atoms with Gasteiger partial charge in [-0.25, -0.2) is 9.78 Å². The largest absolute Gasteiger partial charge is 0.345 e. The van der Waals surface area contributed by atoms with Gasteiger partial charge >= 0.3 is 6.03 Å². The van der Waals surface area contributed by atoms with E-state index in [0.717, 1.165) is 49.1 Å². The predicted molar refractivity (Wildman–Crippen MR) is 113 cm³/mol. The molecule has 7 heteroatoms. The molecule has 1 aliphatic heterocycles. The Balaban J connectivity index is 1.34. The van der Waals surface area contributed by atoms with Crippen molar-refractivity contribution in [1.82, 2.24) is 14.3 Å². The third kappa shape index (κ3) is 4.67. The van der Waals surface area contributed by atoms with Crippen molar-refractivity contribution in [2.45, 2.75) is 12.8 Å². The molecule has 1 aromatic heterocycles. The maximum Gasteiger partial charge on any atom is 0.321 e. The molecule has 2 amide bonds. The molecule has 0 radical (unpaired) electrons. The van der Waals surface area contributed by atoms with Crippen LogP contribution < -0.4 is 10.2 Å². The van der Waals surface area contributed by atoms with Gasteiger partial charge in [0.25, 0.3) is 0 Å². The van der Waals surface area contributed by atoms with Crippen LogP contribution in [0.2, 0.25) is 0 Å². The van der Waals surface area contributed by atoms with E-state index in [1.807, 2.05) is 53.4 Å². The van der Waals surface area contributed by atoms with Gasteiger partial charge in [-0.3, -0.25) is 0 Å². The average molecular weight is 394 g/mol. The minimum Gasteiger partial charge on any atom is -0.345 e. The molecule has 0 spiro atoms. The van der Waals surface area contributed by atoms with Crippen LogP contribution in [-0.2, 0) is 6.42 Å². The maximum absolute atomic E-state index is 12.5. The summed E-state index contributed by atoms with van der Waals surface area (Å²) in [5.74, 6) is 0.856. The van der Waals surface area contributed by atoms with Gasteiger partial charge in [-0.1, -0.05) is 48.5 Å². The van der Waals surface area contributed by atoms with Gasteiger partial charge in [-0.05, 0) is 24.1 Å². The minimum atomic E-state index is -0.0462. The summed E-state index contributed by atoms with van der Waals surface area (Å²) in [5, 5.41) is 3.91. The summed E-state index contributed by atoms with van der Waals surface area (Å²) >= 11 is 1.44. The highest BCUT2D eigenvalue weighted by Crippen LogP contribution is 2.21. The Labute approximate surface area is 169 Å². The van der Waals surface area contributed by atoms with Crippen LogP contribution in [0.1, 0.15) is 17.8 Å². The first kappa shape index (κ1) is 18.4. The molecule has 0 atom stereocenters. The zero-order valence-electron chi connectivity index (χ0n) is 15.6. The number of anilines is 2. The van der Waals surface area contributed by atoms with E-state index in [1.54, 1.807) is 0 Å². The van der Waals surface area contributed by atoms with Gasteiger partial charge in [0.2, 0.25) is 5.13 Å². The van der Waals surface area contributed by atoms with E-state index in [-0.39, 0.29) is 6.03 Å². The molecule has 2 heterocycles. The van der Waals surface area contributed by atoms with Crippen LogP contribution in [0.15, 0.2) is 60.7 Å². The molecular formula is C21H23N5OS. The fourth-order valence-electron chi connectivity index (χ4n) is 3.26. The van der Waals surface area contributed by atoms with Crippen molar-refractivity contribution in [3.8, 4) is 0 Å². The quantitative estimate of drug-likeness (QED) is 0.731. The summed E-state index contributed by atoms with van der Waals surface area (Å²) in [6.07, 6.45) is 1.66. The fourth-order valence-corrected chi connectivity index (χ4v) is 4.00. The number of benzene rings is 2. The van der Waals surface area contributed by atoms with Crippen LogP contribution >= 0.6 is 11.5 Å². The number of rotatable bonds is 4. The minimum absolute atomic E-state index is 0.0462. The maximum atomic E-state index is 12.5. The van der Waals surface area contributed by atoms with Crippen molar-refractivity contribution in [2.75, 3.05) is 36.4 Å². The Hall–Kier alpha value is -2.93. The number of nitrogens with one attached hydrogen (secondary N) is 1. The fraction of sp³-hybridized carbons (Fsp3) is 0.286. The standard InChI is InChI=1S/C21H23N5OS/c27-20(22-18-10-5-2-6-11-18)25-12-7-13-26(15-14-25)21-23-19(24-28-21)16-17-8-3-1-4-9-17/h1-6,8-11H,7,12-16H2,(H,22,27). The van der Waals surface area contributed by atoms with Crippen LogP contribution in [0.3, 0.4) is 0 Å². The van der Waals surface area contributed by atoms with Crippen LogP contribution in [0.5, 0.6) is 0 Å². The molecule has 4 rings (SSSR count). The second-order valence-electron chi connectivity index (χ2n) is 6.78. The second-order valence-corrected chi connectivity index (χ2v) is 7.51. The predicted octanol–water partition coefficient (Wildman–Crippen LogP) is 3.87. The summed E-state index contributed by atoms with van der Waals surface area (Å²) < 4.78 is 4.52. The van der Waals surface area contributed by atoms with E-state index in [9.17, 15) is 4.79 Å². The van der Waals surface area contributed by atoms with Crippen molar-refractivity contribution < 1.29 is 4.79 Å². The van der Waals surface area contributed by atoms with E-state index >= 15 is 0 Å². The summed E-state index contributed by atoms with van der Waals surface area (Å²) in [5.41, 5.74) is 2.04. The molecule has 0 saturated carbocycles. The van der Waals surface area contributed by atoms with Crippen molar-refractivity contribution >= 4 is 28.4 Å². The van der Waals surface area contributed by atoms with Gasteiger partial charge < -0.3 is 15.1 Å². The molecule has 1 saturated heterocycles. The van der Waals surface area contributed by atoms with Gasteiger partial charge in [-0.2, -0.15) is 4.37 Å². The zero-order chi connectivity index (χ0) is 19.2. The van der Waals surface area contributed by atoms with Crippen LogP contribution in [0.4, 0.5) is 15.6 Å². The number of carbonyl (C=O) groups is 1. The molecule has 1 fully saturated rings. The average Bonchev–Trinajstić information content (AvgIpc) is 3.04. The number of nitrogens with zero attached hydrogens (tertiary/aromatic N) is 4. The lowest BCUT2D eigenvalue weighted by atomic mass is 10.1. The van der Waals surface area contributed by atoms with E-state index in [0.29, 0.717) is 6.54 Å². The summed E-state index contributed by atoms with van der Waals surface area (Å²) in [6, 6.07) is 19.8. The molecule has 3 aromatic rings. The number of amides is 2. The Morgan fingerprint density at radius 2 is 1.71 bits per heavy atom. The number of carbonyl (C=O) groups excluding carboxylic acids is 1. The first-order valence-corrected chi connectivity index (χ1v) is 10.3. The molecule has 1 N–H and O–H groups in total. The van der Waals surface area contributed by atoms with E-state index in [4.69, 9.17) is 4.98 Å². The zero-order valence-corrected chi connectivity index (χ0v) is 16.4. The van der Waals surface area contributed by atoms with Crippen molar-refractivity contribution in [3.05, 3.63) is 72.1 Å². The van der Waals surface area contributed by atoms with Crippen LogP contribution in [-0.4, -0.2) is 46.5 Å². The molecule has 0 bridgehead atoms. The third-order valence-electron chi connectivity index (χ3n) is 4.74. The number of hydrogen-bond donors (Lipinski definition) is 1. The molecule has 6 nitrogen and oxygen atoms in total. The van der Waals surface area contributed by atoms with Crippen molar-refractivity contribution in [1.29, 1.82) is 0 Å². The summed E-state index contributed by atoms with van der Waals surface area (Å²) in [6.45, 7) is 3.06. The van der Waals surface area contributed by atoms with Gasteiger partial charge in [0.1, 0.15) is 5.82 Å². The lowest BCUT2D eigenvalue weighted by molar-refractivity contribution is 0.215. The highest BCUT2D eigenvalue weighted by Gasteiger charge is 2.21. The van der Waals surface area contributed by atoms with E-state index in [2.05, 4.69) is 26.7 Å². The smallest absolute Gasteiger partial charge is 0.321 e. The van der Waals surface area contributed by atoms with Gasteiger partial charge in [0, 0.05) is 49.8 Å². The number of aromatic nitrogens is 2. The van der Waals surface area contributed by atoms with Crippen LogP contribution in [0, 0.1) is 0 Å². The Bertz CT molecular complexity index is 899. The van der Waals surface area contributed by atoms with Gasteiger partial charge in [0.15, 0.2) is 0 Å². The van der Waals surface area contributed by atoms with Crippen molar-refractivity contribution in [3.63, 3.8) is 0 Å². The van der Waals surface area contributed by atoms with E-state index < -0.39 is 0 Å². The lowest BCUT2D eigenvalue weighted by Crippen LogP contribution is -2.38. The monoisotopic (exact) mass is 393 g/mol. The highest BCUT2D eigenvalue weighted by molar-refractivity contribution is 7.09. The number of urea groups is 1. The Morgan fingerprint density at radius 3 is 2.50 bits per heavy atom. The highest BCUT2D eigenvalue weighted by atomic mass is 32.1. The van der Waals surface area contributed by atoms with Gasteiger partial charge in [-0.15, -0.1) is 0 Å². The Kier molecular flexibility index (Phi) is 5.82. The number of para-hydroxylation sites is 1.